The molecule has 22 heavy (non-hydrogen) atoms. The molecule has 2 rings (SSSR count). The fraction of sp³-hybridized carbons (Fsp3) is 0.500. The molecule has 1 aromatic rings. The van der Waals surface area contributed by atoms with Crippen LogP contribution < -0.4 is 5.32 Å². The molecule has 0 spiro atoms. The summed E-state index contributed by atoms with van der Waals surface area (Å²) in [6, 6.07) is 5.97. The van der Waals surface area contributed by atoms with Gasteiger partial charge in [-0.15, -0.1) is 0 Å². The fourth-order valence-corrected chi connectivity index (χ4v) is 3.61. The highest BCUT2D eigenvalue weighted by atomic mass is 35.5. The Morgan fingerprint density at radius 1 is 1.41 bits per heavy atom. The summed E-state index contributed by atoms with van der Waals surface area (Å²) < 4.78 is 26.0. The van der Waals surface area contributed by atoms with E-state index in [4.69, 9.17) is 11.6 Å². The van der Waals surface area contributed by atoms with Crippen molar-refractivity contribution in [2.45, 2.75) is 17.9 Å². The molecule has 1 atom stereocenters. The number of carbonyl (C=O) groups is 1. The predicted molar refractivity (Wildman–Crippen MR) is 85.3 cm³/mol. The molecule has 1 aliphatic heterocycles. The van der Waals surface area contributed by atoms with Crippen molar-refractivity contribution in [2.24, 2.45) is 0 Å². The van der Waals surface area contributed by atoms with Crippen molar-refractivity contribution in [3.8, 4) is 0 Å². The molecule has 0 bridgehead atoms. The maximum Gasteiger partial charge on any atom is 0.243 e. The van der Waals surface area contributed by atoms with Crippen molar-refractivity contribution in [2.75, 3.05) is 33.2 Å². The summed E-state index contributed by atoms with van der Waals surface area (Å²) >= 11 is 5.77. The van der Waals surface area contributed by atoms with Crippen LogP contribution in [0.15, 0.2) is 29.2 Å². The van der Waals surface area contributed by atoms with Crippen LogP contribution in [-0.4, -0.2) is 62.8 Å². The van der Waals surface area contributed by atoms with Gasteiger partial charge in [0.15, 0.2) is 0 Å². The summed E-state index contributed by atoms with van der Waals surface area (Å²) in [6.07, 6.45) is 0. The maximum absolute atomic E-state index is 12.4. The summed E-state index contributed by atoms with van der Waals surface area (Å²) in [7, 11) is -2.28. The number of piperazine rings is 1. The van der Waals surface area contributed by atoms with Gasteiger partial charge in [0.1, 0.15) is 0 Å². The largest absolute Gasteiger partial charge is 0.336 e. The Morgan fingerprint density at radius 2 is 2.05 bits per heavy atom. The number of hydrogen-bond donors (Lipinski definition) is 1. The Balaban J connectivity index is 2.08. The van der Waals surface area contributed by atoms with E-state index in [9.17, 15) is 13.2 Å². The molecule has 0 saturated carbocycles. The van der Waals surface area contributed by atoms with Crippen LogP contribution in [0.2, 0.25) is 5.02 Å². The smallest absolute Gasteiger partial charge is 0.243 e. The van der Waals surface area contributed by atoms with Gasteiger partial charge in [-0.05, 0) is 31.2 Å². The van der Waals surface area contributed by atoms with E-state index in [-0.39, 0.29) is 23.4 Å². The second-order valence-corrected chi connectivity index (χ2v) is 7.84. The number of rotatable bonds is 4. The number of likely N-dealkylation sites (N-methyl/N-ethyl adjacent to an activating group) is 1. The minimum absolute atomic E-state index is 0.0629. The van der Waals surface area contributed by atoms with Crippen molar-refractivity contribution < 1.29 is 13.2 Å². The standard InChI is InChI=1S/C14H20ClN3O3S/c1-11-9-16-7-8-18(11)14(19)10-17(2)22(20,21)13-5-3-12(15)4-6-13/h3-6,11,16H,7-10H2,1-2H3. The first kappa shape index (κ1) is 17.2. The number of nitrogens with zero attached hydrogens (tertiary/aromatic N) is 2. The number of amides is 1. The number of benzene rings is 1. The molecule has 6 nitrogen and oxygen atoms in total. The van der Waals surface area contributed by atoms with Gasteiger partial charge < -0.3 is 10.2 Å². The zero-order valence-corrected chi connectivity index (χ0v) is 14.2. The Labute approximate surface area is 136 Å². The highest BCUT2D eigenvalue weighted by molar-refractivity contribution is 7.89. The highest BCUT2D eigenvalue weighted by Crippen LogP contribution is 2.17. The van der Waals surface area contributed by atoms with Gasteiger partial charge in [-0.25, -0.2) is 8.42 Å². The van der Waals surface area contributed by atoms with Gasteiger partial charge in [-0.3, -0.25) is 4.79 Å². The fourth-order valence-electron chi connectivity index (χ4n) is 2.36. The van der Waals surface area contributed by atoms with Gasteiger partial charge in [-0.1, -0.05) is 11.6 Å². The van der Waals surface area contributed by atoms with Gasteiger partial charge in [0, 0.05) is 37.7 Å². The van der Waals surface area contributed by atoms with Crippen molar-refractivity contribution in [1.29, 1.82) is 0 Å². The number of carbonyl (C=O) groups excluding carboxylic acids is 1. The number of halogens is 1. The first-order valence-electron chi connectivity index (χ1n) is 7.04. The second kappa shape index (κ2) is 6.95. The van der Waals surface area contributed by atoms with Crippen molar-refractivity contribution in [3.05, 3.63) is 29.3 Å². The lowest BCUT2D eigenvalue weighted by Gasteiger charge is -2.34. The van der Waals surface area contributed by atoms with Crippen LogP contribution in [0.25, 0.3) is 0 Å². The van der Waals surface area contributed by atoms with Crippen LogP contribution in [0, 0.1) is 0 Å². The topological polar surface area (TPSA) is 69.7 Å². The molecule has 0 aliphatic carbocycles. The molecular formula is C14H20ClN3O3S. The summed E-state index contributed by atoms with van der Waals surface area (Å²) in [5, 5.41) is 3.66. The van der Waals surface area contributed by atoms with Crippen LogP contribution in [0.5, 0.6) is 0 Å². The number of nitrogens with one attached hydrogen (secondary N) is 1. The van der Waals surface area contributed by atoms with E-state index in [1.807, 2.05) is 6.92 Å². The normalized spacial score (nSPS) is 19.5. The Bertz CT molecular complexity index is 633. The van der Waals surface area contributed by atoms with Gasteiger partial charge in [0.05, 0.1) is 11.4 Å². The molecule has 1 unspecified atom stereocenters. The zero-order valence-electron chi connectivity index (χ0n) is 12.6. The average Bonchev–Trinajstić information content (AvgIpc) is 2.48. The van der Waals surface area contributed by atoms with Gasteiger partial charge in [0.25, 0.3) is 0 Å². The van der Waals surface area contributed by atoms with Gasteiger partial charge in [-0.2, -0.15) is 4.31 Å². The minimum Gasteiger partial charge on any atom is -0.336 e. The molecule has 122 valence electrons. The van der Waals surface area contributed by atoms with Crippen LogP contribution in [0.1, 0.15) is 6.92 Å². The monoisotopic (exact) mass is 345 g/mol. The van der Waals surface area contributed by atoms with E-state index < -0.39 is 10.0 Å². The summed E-state index contributed by atoms with van der Waals surface area (Å²) in [5.74, 6) is -0.186. The lowest BCUT2D eigenvalue weighted by molar-refractivity contribution is -0.133. The van der Waals surface area contributed by atoms with Crippen molar-refractivity contribution >= 4 is 27.5 Å². The minimum atomic E-state index is -3.70. The molecule has 1 saturated heterocycles. The number of sulfonamides is 1. The predicted octanol–water partition coefficient (Wildman–Crippen LogP) is 0.781. The summed E-state index contributed by atoms with van der Waals surface area (Å²) in [4.78, 5) is 14.2. The van der Waals surface area contributed by atoms with E-state index >= 15 is 0 Å². The third-order valence-corrected chi connectivity index (χ3v) is 5.77. The highest BCUT2D eigenvalue weighted by Gasteiger charge is 2.28. The Kier molecular flexibility index (Phi) is 5.44. The third kappa shape index (κ3) is 3.78. The summed E-state index contributed by atoms with van der Waals surface area (Å²) in [5.41, 5.74) is 0. The van der Waals surface area contributed by atoms with Crippen LogP contribution >= 0.6 is 11.6 Å². The van der Waals surface area contributed by atoms with E-state index in [0.29, 0.717) is 11.6 Å². The number of hydrogen-bond acceptors (Lipinski definition) is 4. The van der Waals surface area contributed by atoms with Crippen molar-refractivity contribution in [1.82, 2.24) is 14.5 Å². The lowest BCUT2D eigenvalue weighted by Crippen LogP contribution is -2.54. The first-order valence-corrected chi connectivity index (χ1v) is 8.86. The van der Waals surface area contributed by atoms with Crippen LogP contribution in [0.3, 0.4) is 0 Å². The van der Waals surface area contributed by atoms with Gasteiger partial charge >= 0.3 is 0 Å². The molecule has 0 aromatic heterocycles. The molecule has 1 heterocycles. The van der Waals surface area contributed by atoms with Crippen LogP contribution in [0.4, 0.5) is 0 Å². The molecule has 1 aliphatic rings. The molecule has 0 radical (unpaired) electrons. The average molecular weight is 346 g/mol. The zero-order chi connectivity index (χ0) is 16.3. The Hall–Kier alpha value is -1.15. The second-order valence-electron chi connectivity index (χ2n) is 5.36. The van der Waals surface area contributed by atoms with E-state index in [1.54, 1.807) is 4.90 Å². The molecule has 1 fully saturated rings. The van der Waals surface area contributed by atoms with E-state index in [0.717, 1.165) is 17.4 Å². The van der Waals surface area contributed by atoms with E-state index in [2.05, 4.69) is 5.32 Å². The molecule has 1 N–H and O–H groups in total. The lowest BCUT2D eigenvalue weighted by atomic mass is 10.2. The maximum atomic E-state index is 12.4. The molecule has 1 aromatic carbocycles. The van der Waals surface area contributed by atoms with Crippen molar-refractivity contribution in [3.63, 3.8) is 0 Å². The van der Waals surface area contributed by atoms with Crippen LogP contribution in [-0.2, 0) is 14.8 Å². The third-order valence-electron chi connectivity index (χ3n) is 3.70. The summed E-state index contributed by atoms with van der Waals surface area (Å²) in [6.45, 7) is 3.81. The van der Waals surface area contributed by atoms with E-state index in [1.165, 1.54) is 31.3 Å². The molecule has 8 heteroatoms. The van der Waals surface area contributed by atoms with Gasteiger partial charge in [0.2, 0.25) is 15.9 Å². The SMILES string of the molecule is CC1CNCCN1C(=O)CN(C)S(=O)(=O)c1ccc(Cl)cc1. The molecule has 1 amide bonds. The quantitative estimate of drug-likeness (QED) is 0.875. The first-order chi connectivity index (χ1) is 10.3. The molecular weight excluding hydrogens is 326 g/mol. The Morgan fingerprint density at radius 3 is 2.64 bits per heavy atom.